The summed E-state index contributed by atoms with van der Waals surface area (Å²) in [6.45, 7) is 8.02. The SMILES string of the molecule is CC(C)(C)c1ccc(NCCCOc2ccc(C(=O)O)cc2)cc1.Cl. The van der Waals surface area contributed by atoms with Crippen LogP contribution in [0.3, 0.4) is 0 Å². The molecule has 2 rings (SSSR count). The first-order valence-electron chi connectivity index (χ1n) is 8.17. The molecule has 2 N–H and O–H groups in total. The third-order valence-corrected chi connectivity index (χ3v) is 3.77. The van der Waals surface area contributed by atoms with Crippen molar-refractivity contribution in [1.29, 1.82) is 0 Å². The molecule has 2 aromatic carbocycles. The minimum Gasteiger partial charge on any atom is -0.494 e. The van der Waals surface area contributed by atoms with Gasteiger partial charge >= 0.3 is 5.97 Å². The standard InChI is InChI=1S/C20H25NO3.ClH/c1-20(2,3)16-7-9-17(10-8-16)21-13-4-14-24-18-11-5-15(6-12-18)19(22)23;/h5-12,21H,4,13-14H2,1-3H3,(H,22,23);1H. The Morgan fingerprint density at radius 3 is 2.16 bits per heavy atom. The number of carboxylic acids is 1. The zero-order valence-corrected chi connectivity index (χ0v) is 15.7. The Balaban J connectivity index is 0.00000312. The molecular weight excluding hydrogens is 338 g/mol. The summed E-state index contributed by atoms with van der Waals surface area (Å²) >= 11 is 0. The van der Waals surface area contributed by atoms with Gasteiger partial charge in [0.05, 0.1) is 12.2 Å². The van der Waals surface area contributed by atoms with Gasteiger partial charge in [-0.2, -0.15) is 0 Å². The molecule has 0 saturated heterocycles. The Morgan fingerprint density at radius 1 is 1.04 bits per heavy atom. The maximum absolute atomic E-state index is 10.8. The van der Waals surface area contributed by atoms with Gasteiger partial charge in [0.25, 0.3) is 0 Å². The lowest BCUT2D eigenvalue weighted by Gasteiger charge is -2.19. The number of halogens is 1. The van der Waals surface area contributed by atoms with Crippen molar-refractivity contribution < 1.29 is 14.6 Å². The van der Waals surface area contributed by atoms with Crippen molar-refractivity contribution in [2.75, 3.05) is 18.5 Å². The number of ether oxygens (including phenoxy) is 1. The molecule has 0 aliphatic rings. The van der Waals surface area contributed by atoms with Gasteiger partial charge in [-0.3, -0.25) is 0 Å². The predicted molar refractivity (Wildman–Crippen MR) is 104 cm³/mol. The number of benzene rings is 2. The zero-order chi connectivity index (χ0) is 17.6. The largest absolute Gasteiger partial charge is 0.494 e. The van der Waals surface area contributed by atoms with E-state index in [0.717, 1.165) is 18.7 Å². The van der Waals surface area contributed by atoms with Gasteiger partial charge < -0.3 is 15.2 Å². The molecule has 0 heterocycles. The molecule has 0 radical (unpaired) electrons. The average Bonchev–Trinajstić information content (AvgIpc) is 2.54. The van der Waals surface area contributed by atoms with Gasteiger partial charge in [0.15, 0.2) is 0 Å². The van der Waals surface area contributed by atoms with E-state index in [1.807, 2.05) is 0 Å². The molecule has 0 saturated carbocycles. The predicted octanol–water partition coefficient (Wildman–Crippen LogP) is 4.99. The Kier molecular flexibility index (Phi) is 7.78. The van der Waals surface area contributed by atoms with Gasteiger partial charge in [-0.05, 0) is 53.8 Å². The first-order chi connectivity index (χ1) is 11.4. The lowest BCUT2D eigenvalue weighted by atomic mass is 9.87. The van der Waals surface area contributed by atoms with Crippen LogP contribution in [0.1, 0.15) is 43.1 Å². The van der Waals surface area contributed by atoms with Gasteiger partial charge in [-0.15, -0.1) is 12.4 Å². The van der Waals surface area contributed by atoms with E-state index in [1.165, 1.54) is 5.56 Å². The van der Waals surface area contributed by atoms with Crippen LogP contribution >= 0.6 is 12.4 Å². The maximum atomic E-state index is 10.8. The highest BCUT2D eigenvalue weighted by molar-refractivity contribution is 5.87. The normalized spacial score (nSPS) is 10.7. The van der Waals surface area contributed by atoms with E-state index in [1.54, 1.807) is 24.3 Å². The van der Waals surface area contributed by atoms with Crippen LogP contribution in [-0.4, -0.2) is 24.2 Å². The van der Waals surface area contributed by atoms with Gasteiger partial charge in [-0.1, -0.05) is 32.9 Å². The van der Waals surface area contributed by atoms with Crippen molar-refractivity contribution >= 4 is 24.1 Å². The molecule has 0 amide bonds. The maximum Gasteiger partial charge on any atom is 0.335 e. The Morgan fingerprint density at radius 2 is 1.64 bits per heavy atom. The molecular formula is C20H26ClNO3. The molecule has 0 aliphatic heterocycles. The van der Waals surface area contributed by atoms with Crippen LogP contribution in [0, 0.1) is 0 Å². The Bertz CT molecular complexity index is 661. The van der Waals surface area contributed by atoms with Gasteiger partial charge in [0.2, 0.25) is 0 Å². The topological polar surface area (TPSA) is 58.6 Å². The fraction of sp³-hybridized carbons (Fsp3) is 0.350. The Hall–Kier alpha value is -2.20. The first kappa shape index (κ1) is 20.8. The summed E-state index contributed by atoms with van der Waals surface area (Å²) in [5.74, 6) is -0.238. The molecule has 2 aromatic rings. The van der Waals surface area contributed by atoms with Gasteiger partial charge in [-0.25, -0.2) is 4.79 Å². The third kappa shape index (κ3) is 6.67. The minimum absolute atomic E-state index is 0. The number of aromatic carboxylic acids is 1. The van der Waals surface area contributed by atoms with Crippen LogP contribution in [0.15, 0.2) is 48.5 Å². The number of anilines is 1. The lowest BCUT2D eigenvalue weighted by Crippen LogP contribution is -2.11. The number of rotatable bonds is 7. The highest BCUT2D eigenvalue weighted by atomic mass is 35.5. The third-order valence-electron chi connectivity index (χ3n) is 3.77. The fourth-order valence-electron chi connectivity index (χ4n) is 2.28. The van der Waals surface area contributed by atoms with E-state index in [4.69, 9.17) is 9.84 Å². The average molecular weight is 364 g/mol. The van der Waals surface area contributed by atoms with Crippen LogP contribution in [0.25, 0.3) is 0 Å². The van der Waals surface area contributed by atoms with Crippen LogP contribution in [0.4, 0.5) is 5.69 Å². The van der Waals surface area contributed by atoms with Crippen molar-refractivity contribution in [1.82, 2.24) is 0 Å². The summed E-state index contributed by atoms with van der Waals surface area (Å²) < 4.78 is 5.61. The number of carbonyl (C=O) groups is 1. The van der Waals surface area contributed by atoms with Crippen molar-refractivity contribution in [2.45, 2.75) is 32.6 Å². The quantitative estimate of drug-likeness (QED) is 0.681. The monoisotopic (exact) mass is 363 g/mol. The minimum atomic E-state index is -0.928. The van der Waals surface area contributed by atoms with E-state index >= 15 is 0 Å². The summed E-state index contributed by atoms with van der Waals surface area (Å²) in [4.78, 5) is 10.8. The highest BCUT2D eigenvalue weighted by Gasteiger charge is 2.12. The molecule has 136 valence electrons. The molecule has 0 fully saturated rings. The van der Waals surface area contributed by atoms with Crippen LogP contribution < -0.4 is 10.1 Å². The second-order valence-electron chi connectivity index (χ2n) is 6.79. The molecule has 0 spiro atoms. The van der Waals surface area contributed by atoms with Gasteiger partial charge in [0, 0.05) is 12.2 Å². The summed E-state index contributed by atoms with van der Waals surface area (Å²) in [5, 5.41) is 12.2. The van der Waals surface area contributed by atoms with Crippen molar-refractivity contribution in [3.8, 4) is 5.75 Å². The van der Waals surface area contributed by atoms with E-state index in [2.05, 4.69) is 50.4 Å². The molecule has 0 bridgehead atoms. The van der Waals surface area contributed by atoms with Crippen molar-refractivity contribution in [3.63, 3.8) is 0 Å². The summed E-state index contributed by atoms with van der Waals surface area (Å²) in [6.07, 6.45) is 0.863. The zero-order valence-electron chi connectivity index (χ0n) is 14.9. The van der Waals surface area contributed by atoms with Crippen LogP contribution in [-0.2, 0) is 5.41 Å². The van der Waals surface area contributed by atoms with E-state index in [9.17, 15) is 4.79 Å². The molecule has 4 nitrogen and oxygen atoms in total. The smallest absolute Gasteiger partial charge is 0.335 e. The molecule has 5 heteroatoms. The van der Waals surface area contributed by atoms with Crippen LogP contribution in [0.5, 0.6) is 5.75 Å². The lowest BCUT2D eigenvalue weighted by molar-refractivity contribution is 0.0697. The molecule has 0 aliphatic carbocycles. The number of nitrogens with one attached hydrogen (secondary N) is 1. The number of hydrogen-bond donors (Lipinski definition) is 2. The van der Waals surface area contributed by atoms with Crippen molar-refractivity contribution in [3.05, 3.63) is 59.7 Å². The van der Waals surface area contributed by atoms with Crippen molar-refractivity contribution in [2.24, 2.45) is 0 Å². The fourth-order valence-corrected chi connectivity index (χ4v) is 2.28. The molecule has 25 heavy (non-hydrogen) atoms. The highest BCUT2D eigenvalue weighted by Crippen LogP contribution is 2.23. The molecule has 0 aromatic heterocycles. The van der Waals surface area contributed by atoms with E-state index < -0.39 is 5.97 Å². The van der Waals surface area contributed by atoms with Gasteiger partial charge in [0.1, 0.15) is 5.75 Å². The molecule has 0 unspecified atom stereocenters. The van der Waals surface area contributed by atoms with Crippen LogP contribution in [0.2, 0.25) is 0 Å². The summed E-state index contributed by atoms with van der Waals surface area (Å²) in [7, 11) is 0. The second-order valence-corrected chi connectivity index (χ2v) is 6.79. The Labute approximate surface area is 155 Å². The second kappa shape index (κ2) is 9.33. The summed E-state index contributed by atoms with van der Waals surface area (Å²) in [5.41, 5.74) is 2.86. The number of hydrogen-bond acceptors (Lipinski definition) is 3. The number of carboxylic acid groups (broad SMARTS) is 1. The first-order valence-corrected chi connectivity index (χ1v) is 8.17. The summed E-state index contributed by atoms with van der Waals surface area (Å²) in [6, 6.07) is 15.0. The van der Waals surface area contributed by atoms with E-state index in [0.29, 0.717) is 12.4 Å². The molecule has 0 atom stereocenters. The van der Waals surface area contributed by atoms with E-state index in [-0.39, 0.29) is 23.4 Å².